The average molecular weight is 389 g/mol. The summed E-state index contributed by atoms with van der Waals surface area (Å²) in [7, 11) is 1.60. The number of hydrogen-bond acceptors (Lipinski definition) is 8. The second kappa shape index (κ2) is 14.4. The molecule has 0 aliphatic rings. The van der Waals surface area contributed by atoms with Crippen molar-refractivity contribution in [3.8, 4) is 0 Å². The Labute approximate surface area is 162 Å². The van der Waals surface area contributed by atoms with Gasteiger partial charge in [-0.1, -0.05) is 13.3 Å². The molecule has 0 spiro atoms. The standard InChI is InChI=1S/C19H35NO7/c1-7-8-17(20-12-24-6)10-19(27-16(5)23)11-18(26-15(4)22)9-13(2)25-14(3)21/h13,17-20H,7-12H2,1-6H3. The van der Waals surface area contributed by atoms with E-state index in [-0.39, 0.29) is 6.04 Å². The summed E-state index contributed by atoms with van der Waals surface area (Å²) in [6, 6.07) is 0.100. The lowest BCUT2D eigenvalue weighted by Crippen LogP contribution is -2.37. The Hall–Kier alpha value is -1.67. The molecule has 0 radical (unpaired) electrons. The summed E-state index contributed by atoms with van der Waals surface area (Å²) in [6.45, 7) is 8.21. The van der Waals surface area contributed by atoms with Crippen molar-refractivity contribution >= 4 is 17.9 Å². The van der Waals surface area contributed by atoms with Crippen molar-refractivity contribution in [2.45, 2.75) is 91.1 Å². The first kappa shape index (κ1) is 25.3. The first-order valence-corrected chi connectivity index (χ1v) is 9.41. The Morgan fingerprint density at radius 2 is 1.37 bits per heavy atom. The minimum absolute atomic E-state index is 0.100. The molecular weight excluding hydrogens is 354 g/mol. The average Bonchev–Trinajstić information content (AvgIpc) is 2.50. The molecule has 0 aromatic carbocycles. The molecule has 0 saturated carbocycles. The number of carbonyl (C=O) groups is 3. The van der Waals surface area contributed by atoms with Gasteiger partial charge in [0.2, 0.25) is 0 Å². The SMILES string of the molecule is CCCC(CC(CC(CC(C)OC(C)=O)OC(C)=O)OC(C)=O)NCOC. The van der Waals surface area contributed by atoms with Crippen LogP contribution in [0.3, 0.4) is 0 Å². The van der Waals surface area contributed by atoms with Gasteiger partial charge in [-0.3, -0.25) is 19.7 Å². The molecule has 0 aromatic heterocycles. The van der Waals surface area contributed by atoms with Gasteiger partial charge in [-0.2, -0.15) is 0 Å². The van der Waals surface area contributed by atoms with E-state index in [0.717, 1.165) is 12.8 Å². The van der Waals surface area contributed by atoms with E-state index in [1.165, 1.54) is 20.8 Å². The summed E-state index contributed by atoms with van der Waals surface area (Å²) in [5.41, 5.74) is 0. The molecule has 0 bridgehead atoms. The largest absolute Gasteiger partial charge is 0.463 e. The molecule has 27 heavy (non-hydrogen) atoms. The van der Waals surface area contributed by atoms with Crippen LogP contribution in [0.2, 0.25) is 0 Å². The number of ether oxygens (including phenoxy) is 4. The van der Waals surface area contributed by atoms with Crippen LogP contribution >= 0.6 is 0 Å². The maximum Gasteiger partial charge on any atom is 0.302 e. The van der Waals surface area contributed by atoms with E-state index in [0.29, 0.717) is 26.0 Å². The number of rotatable bonds is 14. The Balaban J connectivity index is 5.08. The van der Waals surface area contributed by atoms with E-state index in [9.17, 15) is 14.4 Å². The van der Waals surface area contributed by atoms with Crippen LogP contribution in [0.25, 0.3) is 0 Å². The first-order chi connectivity index (χ1) is 12.7. The molecule has 0 amide bonds. The smallest absolute Gasteiger partial charge is 0.302 e. The van der Waals surface area contributed by atoms with Crippen molar-refractivity contribution in [2.24, 2.45) is 0 Å². The maximum absolute atomic E-state index is 11.5. The van der Waals surface area contributed by atoms with Crippen molar-refractivity contribution in [3.63, 3.8) is 0 Å². The zero-order valence-electron chi connectivity index (χ0n) is 17.4. The second-order valence-corrected chi connectivity index (χ2v) is 6.71. The van der Waals surface area contributed by atoms with E-state index in [4.69, 9.17) is 18.9 Å². The molecule has 158 valence electrons. The highest BCUT2D eigenvalue weighted by molar-refractivity contribution is 5.67. The van der Waals surface area contributed by atoms with Crippen LogP contribution < -0.4 is 5.32 Å². The van der Waals surface area contributed by atoms with Gasteiger partial charge in [-0.15, -0.1) is 0 Å². The molecule has 0 heterocycles. The Kier molecular flexibility index (Phi) is 13.5. The Morgan fingerprint density at radius 1 is 0.852 bits per heavy atom. The number of nitrogens with one attached hydrogen (secondary N) is 1. The molecular formula is C19H35NO7. The molecule has 0 aromatic rings. The van der Waals surface area contributed by atoms with Gasteiger partial charge in [0.05, 0.1) is 6.73 Å². The molecule has 0 fully saturated rings. The van der Waals surface area contributed by atoms with Gasteiger partial charge in [-0.25, -0.2) is 0 Å². The van der Waals surface area contributed by atoms with Crippen LogP contribution in [0.4, 0.5) is 0 Å². The third kappa shape index (κ3) is 14.1. The minimum Gasteiger partial charge on any atom is -0.463 e. The van der Waals surface area contributed by atoms with Crippen molar-refractivity contribution in [3.05, 3.63) is 0 Å². The highest BCUT2D eigenvalue weighted by atomic mass is 16.6. The summed E-state index contributed by atoms with van der Waals surface area (Å²) < 4.78 is 21.0. The normalized spacial score (nSPS) is 15.3. The second-order valence-electron chi connectivity index (χ2n) is 6.71. The van der Waals surface area contributed by atoms with Crippen LogP contribution in [0.1, 0.15) is 66.7 Å². The highest BCUT2D eigenvalue weighted by Crippen LogP contribution is 2.19. The number of hydrogen-bond donors (Lipinski definition) is 1. The summed E-state index contributed by atoms with van der Waals surface area (Å²) in [6.07, 6.45) is 1.72. The fraction of sp³-hybridized carbons (Fsp3) is 0.842. The molecule has 8 heteroatoms. The lowest BCUT2D eigenvalue weighted by atomic mass is 9.98. The van der Waals surface area contributed by atoms with E-state index in [1.807, 2.05) is 0 Å². The van der Waals surface area contributed by atoms with Crippen LogP contribution in [0.15, 0.2) is 0 Å². The molecule has 4 atom stereocenters. The van der Waals surface area contributed by atoms with Crippen molar-refractivity contribution in [2.75, 3.05) is 13.8 Å². The summed E-state index contributed by atoms with van der Waals surface area (Å²) in [4.78, 5) is 34.1. The molecule has 8 nitrogen and oxygen atoms in total. The number of carbonyl (C=O) groups excluding carboxylic acids is 3. The zero-order valence-corrected chi connectivity index (χ0v) is 17.4. The molecule has 0 aliphatic heterocycles. The third-order valence-corrected chi connectivity index (χ3v) is 3.85. The lowest BCUT2D eigenvalue weighted by Gasteiger charge is -2.28. The van der Waals surface area contributed by atoms with Crippen molar-refractivity contribution < 1.29 is 33.3 Å². The fourth-order valence-corrected chi connectivity index (χ4v) is 3.02. The molecule has 1 N–H and O–H groups in total. The first-order valence-electron chi connectivity index (χ1n) is 9.41. The van der Waals surface area contributed by atoms with Gasteiger partial charge < -0.3 is 18.9 Å². The minimum atomic E-state index is -0.522. The Morgan fingerprint density at radius 3 is 1.81 bits per heavy atom. The summed E-state index contributed by atoms with van der Waals surface area (Å²) in [5, 5.41) is 3.26. The van der Waals surface area contributed by atoms with E-state index < -0.39 is 36.2 Å². The van der Waals surface area contributed by atoms with Crippen LogP contribution in [0, 0.1) is 0 Å². The van der Waals surface area contributed by atoms with Gasteiger partial charge in [0.1, 0.15) is 18.3 Å². The topological polar surface area (TPSA) is 100 Å². The molecule has 0 aliphatic carbocycles. The lowest BCUT2D eigenvalue weighted by molar-refractivity contribution is -0.156. The van der Waals surface area contributed by atoms with Gasteiger partial charge in [0, 0.05) is 46.8 Å². The third-order valence-electron chi connectivity index (χ3n) is 3.85. The maximum atomic E-state index is 11.5. The van der Waals surface area contributed by atoms with E-state index in [2.05, 4.69) is 12.2 Å². The Bertz CT molecular complexity index is 455. The van der Waals surface area contributed by atoms with Gasteiger partial charge >= 0.3 is 17.9 Å². The predicted octanol–water partition coefficient (Wildman–Crippen LogP) is 2.33. The fourth-order valence-electron chi connectivity index (χ4n) is 3.02. The van der Waals surface area contributed by atoms with E-state index >= 15 is 0 Å². The number of esters is 3. The van der Waals surface area contributed by atoms with Gasteiger partial charge in [0.15, 0.2) is 0 Å². The van der Waals surface area contributed by atoms with Crippen molar-refractivity contribution in [1.29, 1.82) is 0 Å². The van der Waals surface area contributed by atoms with Gasteiger partial charge in [0.25, 0.3) is 0 Å². The molecule has 0 saturated heterocycles. The highest BCUT2D eigenvalue weighted by Gasteiger charge is 2.26. The molecule has 0 rings (SSSR count). The van der Waals surface area contributed by atoms with Gasteiger partial charge in [-0.05, 0) is 19.8 Å². The molecule has 4 unspecified atom stereocenters. The van der Waals surface area contributed by atoms with Crippen LogP contribution in [-0.4, -0.2) is 56.1 Å². The zero-order chi connectivity index (χ0) is 20.8. The van der Waals surface area contributed by atoms with Crippen molar-refractivity contribution in [1.82, 2.24) is 5.32 Å². The number of methoxy groups -OCH3 is 1. The summed E-state index contributed by atoms with van der Waals surface area (Å²) >= 11 is 0. The van der Waals surface area contributed by atoms with Crippen LogP contribution in [-0.2, 0) is 33.3 Å². The quantitative estimate of drug-likeness (QED) is 0.274. The predicted molar refractivity (Wildman–Crippen MR) is 99.9 cm³/mol. The van der Waals surface area contributed by atoms with E-state index in [1.54, 1.807) is 14.0 Å². The monoisotopic (exact) mass is 389 g/mol. The van der Waals surface area contributed by atoms with Crippen LogP contribution in [0.5, 0.6) is 0 Å². The summed E-state index contributed by atoms with van der Waals surface area (Å²) in [5.74, 6) is -1.22.